The maximum atomic E-state index is 4.83. The number of hydrogen-bond acceptors (Lipinski definition) is 4. The normalized spacial score (nSPS) is 24.0. The van der Waals surface area contributed by atoms with Gasteiger partial charge in [-0.3, -0.25) is 9.89 Å². The van der Waals surface area contributed by atoms with E-state index in [1.807, 2.05) is 0 Å². The number of unbranched alkanes of at least 4 members (excludes halogenated alkanes) is 1. The molecule has 0 aliphatic carbocycles. The Kier molecular flexibility index (Phi) is 9.58. The van der Waals surface area contributed by atoms with Crippen LogP contribution in [-0.2, 0) is 0 Å². The van der Waals surface area contributed by atoms with Crippen molar-refractivity contribution in [3.05, 3.63) is 0 Å². The number of piperazine rings is 1. The average Bonchev–Trinajstić information content (AvgIpc) is 3.08. The molecule has 0 spiro atoms. The Labute approximate surface area is 155 Å². The molecule has 1 unspecified atom stereocenters. The Morgan fingerprint density at radius 2 is 1.84 bits per heavy atom. The molecule has 0 amide bonds. The minimum atomic E-state index is 0.637. The lowest BCUT2D eigenvalue weighted by atomic mass is 10.2. The molecule has 2 N–H and O–H groups in total. The van der Waals surface area contributed by atoms with E-state index in [2.05, 4.69) is 46.2 Å². The zero-order chi connectivity index (χ0) is 17.9. The molecule has 2 rings (SSSR count). The lowest BCUT2D eigenvalue weighted by Crippen LogP contribution is -2.44. The summed E-state index contributed by atoms with van der Waals surface area (Å²) >= 11 is 0. The van der Waals surface area contributed by atoms with Gasteiger partial charge in [-0.1, -0.05) is 6.92 Å². The molecule has 6 heteroatoms. The molecule has 6 nitrogen and oxygen atoms in total. The summed E-state index contributed by atoms with van der Waals surface area (Å²) in [6.07, 6.45) is 5.09. The van der Waals surface area contributed by atoms with Crippen LogP contribution in [0.25, 0.3) is 0 Å². The summed E-state index contributed by atoms with van der Waals surface area (Å²) in [5.41, 5.74) is 0. The van der Waals surface area contributed by atoms with Crippen molar-refractivity contribution in [1.82, 2.24) is 25.3 Å². The first-order valence-electron chi connectivity index (χ1n) is 10.4. The first-order chi connectivity index (χ1) is 12.2. The van der Waals surface area contributed by atoms with Gasteiger partial charge in [-0.25, -0.2) is 0 Å². The summed E-state index contributed by atoms with van der Waals surface area (Å²) in [6, 6.07) is 0.637. The summed E-state index contributed by atoms with van der Waals surface area (Å²) in [5.74, 6) is 0.991. The molecule has 0 bridgehead atoms. The fourth-order valence-corrected chi connectivity index (χ4v) is 3.80. The van der Waals surface area contributed by atoms with Crippen LogP contribution in [0.15, 0.2) is 4.99 Å². The third-order valence-corrected chi connectivity index (χ3v) is 5.50. The van der Waals surface area contributed by atoms with Crippen LogP contribution in [-0.4, -0.2) is 99.2 Å². The van der Waals surface area contributed by atoms with Crippen LogP contribution >= 0.6 is 0 Å². The van der Waals surface area contributed by atoms with Gasteiger partial charge < -0.3 is 20.4 Å². The van der Waals surface area contributed by atoms with Crippen molar-refractivity contribution in [1.29, 1.82) is 0 Å². The first kappa shape index (κ1) is 20.5. The minimum Gasteiger partial charge on any atom is -0.357 e. The summed E-state index contributed by atoms with van der Waals surface area (Å²) < 4.78 is 0. The van der Waals surface area contributed by atoms with E-state index in [0.29, 0.717) is 6.04 Å². The highest BCUT2D eigenvalue weighted by Crippen LogP contribution is 2.16. The van der Waals surface area contributed by atoms with Gasteiger partial charge in [-0.05, 0) is 59.3 Å². The standard InChI is InChI=1S/C19H40N6/c1-4-20-19(22-17-18-9-8-12-25(18)5-2)21-10-6-7-11-24-15-13-23(3)14-16-24/h18H,4-17H2,1-3H3,(H2,20,21,22). The van der Waals surface area contributed by atoms with E-state index in [1.165, 1.54) is 65.0 Å². The largest absolute Gasteiger partial charge is 0.357 e. The molecule has 2 aliphatic heterocycles. The topological polar surface area (TPSA) is 46.1 Å². The number of nitrogens with one attached hydrogen (secondary N) is 2. The van der Waals surface area contributed by atoms with Gasteiger partial charge in [0.05, 0.1) is 6.54 Å². The lowest BCUT2D eigenvalue weighted by Gasteiger charge is -2.32. The number of guanidine groups is 1. The summed E-state index contributed by atoms with van der Waals surface area (Å²) in [7, 11) is 2.22. The molecule has 2 fully saturated rings. The molecule has 2 aliphatic rings. The average molecular weight is 353 g/mol. The van der Waals surface area contributed by atoms with Gasteiger partial charge in [-0.2, -0.15) is 0 Å². The SMILES string of the molecule is CCNC(=NCC1CCCN1CC)NCCCCN1CCN(C)CC1. The maximum Gasteiger partial charge on any atom is 0.191 e. The summed E-state index contributed by atoms with van der Waals surface area (Å²) in [6.45, 7) is 15.8. The van der Waals surface area contributed by atoms with Gasteiger partial charge in [0.1, 0.15) is 0 Å². The van der Waals surface area contributed by atoms with Crippen molar-refractivity contribution in [3.63, 3.8) is 0 Å². The first-order valence-corrected chi connectivity index (χ1v) is 10.4. The molecule has 146 valence electrons. The molecule has 2 heterocycles. The van der Waals surface area contributed by atoms with Gasteiger partial charge in [0.15, 0.2) is 5.96 Å². The quantitative estimate of drug-likeness (QED) is 0.369. The van der Waals surface area contributed by atoms with Crippen LogP contribution in [0.2, 0.25) is 0 Å². The van der Waals surface area contributed by atoms with E-state index >= 15 is 0 Å². The fraction of sp³-hybridized carbons (Fsp3) is 0.947. The summed E-state index contributed by atoms with van der Waals surface area (Å²) in [4.78, 5) is 12.4. The molecule has 0 radical (unpaired) electrons. The van der Waals surface area contributed by atoms with Crippen molar-refractivity contribution >= 4 is 5.96 Å². The van der Waals surface area contributed by atoms with E-state index in [1.54, 1.807) is 0 Å². The Balaban J connectivity index is 1.61. The Morgan fingerprint density at radius 1 is 1.04 bits per heavy atom. The zero-order valence-electron chi connectivity index (χ0n) is 16.8. The molecular formula is C19H40N6. The third kappa shape index (κ3) is 7.50. The van der Waals surface area contributed by atoms with Crippen molar-refractivity contribution in [2.75, 3.05) is 72.5 Å². The van der Waals surface area contributed by atoms with Gasteiger partial charge in [-0.15, -0.1) is 0 Å². The second kappa shape index (κ2) is 11.7. The number of aliphatic imine (C=N–C) groups is 1. The number of likely N-dealkylation sites (N-methyl/N-ethyl adjacent to an activating group) is 2. The molecule has 0 aromatic rings. The predicted octanol–water partition coefficient (Wildman–Crippen LogP) is 1.05. The van der Waals surface area contributed by atoms with Crippen LogP contribution in [0.5, 0.6) is 0 Å². The Hall–Kier alpha value is -0.850. The zero-order valence-corrected chi connectivity index (χ0v) is 16.8. The Morgan fingerprint density at radius 3 is 2.56 bits per heavy atom. The monoisotopic (exact) mass is 352 g/mol. The van der Waals surface area contributed by atoms with Crippen LogP contribution in [0.4, 0.5) is 0 Å². The highest BCUT2D eigenvalue weighted by atomic mass is 15.2. The number of likely N-dealkylation sites (tertiary alicyclic amines) is 1. The minimum absolute atomic E-state index is 0.637. The lowest BCUT2D eigenvalue weighted by molar-refractivity contribution is 0.152. The van der Waals surface area contributed by atoms with E-state index in [9.17, 15) is 0 Å². The van der Waals surface area contributed by atoms with E-state index in [-0.39, 0.29) is 0 Å². The second-order valence-electron chi connectivity index (χ2n) is 7.42. The van der Waals surface area contributed by atoms with Crippen LogP contribution in [0.3, 0.4) is 0 Å². The molecule has 0 aromatic heterocycles. The van der Waals surface area contributed by atoms with Crippen molar-refractivity contribution in [2.24, 2.45) is 4.99 Å². The van der Waals surface area contributed by atoms with Gasteiger partial charge in [0, 0.05) is 45.3 Å². The fourth-order valence-electron chi connectivity index (χ4n) is 3.80. The van der Waals surface area contributed by atoms with Crippen LogP contribution in [0, 0.1) is 0 Å². The molecule has 25 heavy (non-hydrogen) atoms. The van der Waals surface area contributed by atoms with Crippen molar-refractivity contribution in [2.45, 2.75) is 45.6 Å². The number of hydrogen-bond donors (Lipinski definition) is 2. The smallest absolute Gasteiger partial charge is 0.191 e. The van der Waals surface area contributed by atoms with E-state index in [0.717, 1.165) is 32.1 Å². The highest BCUT2D eigenvalue weighted by molar-refractivity contribution is 5.79. The van der Waals surface area contributed by atoms with Crippen LogP contribution in [0.1, 0.15) is 39.5 Å². The Bertz CT molecular complexity index is 378. The second-order valence-corrected chi connectivity index (χ2v) is 7.42. The van der Waals surface area contributed by atoms with Crippen LogP contribution < -0.4 is 10.6 Å². The summed E-state index contributed by atoms with van der Waals surface area (Å²) in [5, 5.41) is 6.90. The van der Waals surface area contributed by atoms with Gasteiger partial charge in [0.25, 0.3) is 0 Å². The van der Waals surface area contributed by atoms with Gasteiger partial charge >= 0.3 is 0 Å². The van der Waals surface area contributed by atoms with Crippen molar-refractivity contribution < 1.29 is 0 Å². The predicted molar refractivity (Wildman–Crippen MR) is 107 cm³/mol. The molecule has 0 saturated carbocycles. The molecule has 2 saturated heterocycles. The number of nitrogens with zero attached hydrogens (tertiary/aromatic N) is 4. The third-order valence-electron chi connectivity index (χ3n) is 5.50. The maximum absolute atomic E-state index is 4.83. The molecular weight excluding hydrogens is 312 g/mol. The molecule has 1 atom stereocenters. The molecule has 0 aromatic carbocycles. The number of rotatable bonds is 9. The van der Waals surface area contributed by atoms with E-state index in [4.69, 9.17) is 4.99 Å². The van der Waals surface area contributed by atoms with Gasteiger partial charge in [0.2, 0.25) is 0 Å². The van der Waals surface area contributed by atoms with Crippen molar-refractivity contribution in [3.8, 4) is 0 Å². The van der Waals surface area contributed by atoms with E-state index < -0.39 is 0 Å². The highest BCUT2D eigenvalue weighted by Gasteiger charge is 2.22.